The third kappa shape index (κ3) is 3.58. The summed E-state index contributed by atoms with van der Waals surface area (Å²) < 4.78 is 24.2. The lowest BCUT2D eigenvalue weighted by atomic mass is 9.90. The van der Waals surface area contributed by atoms with Crippen molar-refractivity contribution in [1.29, 1.82) is 0 Å². The topological polar surface area (TPSA) is 63.4 Å². The van der Waals surface area contributed by atoms with E-state index in [1.54, 1.807) is 11.3 Å². The first kappa shape index (κ1) is 15.4. The van der Waals surface area contributed by atoms with E-state index < -0.39 is 9.84 Å². The lowest BCUT2D eigenvalue weighted by Crippen LogP contribution is -2.55. The van der Waals surface area contributed by atoms with Crippen LogP contribution >= 0.6 is 27.3 Å². The molecule has 2 rings (SSSR count). The van der Waals surface area contributed by atoms with Gasteiger partial charge in [-0.2, -0.15) is 0 Å². The van der Waals surface area contributed by atoms with E-state index in [2.05, 4.69) is 32.3 Å². The molecule has 2 heterocycles. The molecule has 0 bridgehead atoms. The number of thiophene rings is 1. The summed E-state index contributed by atoms with van der Waals surface area (Å²) in [6.45, 7) is 1.32. The average molecular weight is 367 g/mol. The molecule has 0 amide bonds. The van der Waals surface area contributed by atoms with Crippen LogP contribution in [0.2, 0.25) is 0 Å². The summed E-state index contributed by atoms with van der Waals surface area (Å²) in [5, 5.41) is 2.06. The van der Waals surface area contributed by atoms with Gasteiger partial charge in [-0.3, -0.25) is 4.90 Å². The molecule has 7 heteroatoms. The van der Waals surface area contributed by atoms with E-state index >= 15 is 0 Å². The summed E-state index contributed by atoms with van der Waals surface area (Å²) in [6, 6.07) is 2.10. The molecule has 0 unspecified atom stereocenters. The van der Waals surface area contributed by atoms with Gasteiger partial charge in [0.25, 0.3) is 0 Å². The Bertz CT molecular complexity index is 528. The molecule has 1 aromatic heterocycles. The lowest BCUT2D eigenvalue weighted by Gasteiger charge is -2.43. The Morgan fingerprint density at radius 2 is 2.11 bits per heavy atom. The Labute approximate surface area is 127 Å². The van der Waals surface area contributed by atoms with E-state index in [4.69, 9.17) is 5.73 Å². The van der Waals surface area contributed by atoms with Gasteiger partial charge in [0.05, 0.1) is 11.5 Å². The molecule has 0 aliphatic carbocycles. The Morgan fingerprint density at radius 3 is 2.58 bits per heavy atom. The van der Waals surface area contributed by atoms with Crippen LogP contribution < -0.4 is 5.73 Å². The van der Waals surface area contributed by atoms with Crippen molar-refractivity contribution in [2.45, 2.75) is 24.9 Å². The van der Waals surface area contributed by atoms with Crippen LogP contribution in [0.3, 0.4) is 0 Å². The van der Waals surface area contributed by atoms with Crippen LogP contribution in [-0.4, -0.2) is 44.0 Å². The van der Waals surface area contributed by atoms with Crippen molar-refractivity contribution in [1.82, 2.24) is 4.90 Å². The first-order valence-corrected chi connectivity index (χ1v) is 9.71. The van der Waals surface area contributed by atoms with Gasteiger partial charge >= 0.3 is 0 Å². The first-order valence-electron chi connectivity index (χ1n) is 6.22. The van der Waals surface area contributed by atoms with Gasteiger partial charge in [0, 0.05) is 33.4 Å². The van der Waals surface area contributed by atoms with Crippen molar-refractivity contribution >= 4 is 37.1 Å². The molecule has 19 heavy (non-hydrogen) atoms. The van der Waals surface area contributed by atoms with Gasteiger partial charge in [0.15, 0.2) is 0 Å². The van der Waals surface area contributed by atoms with E-state index in [1.807, 2.05) is 7.05 Å². The molecule has 1 aliphatic heterocycles. The van der Waals surface area contributed by atoms with Crippen LogP contribution in [0.4, 0.5) is 0 Å². The minimum Gasteiger partial charge on any atom is -0.329 e. The largest absolute Gasteiger partial charge is 0.329 e. The number of likely N-dealkylation sites (N-methyl/N-ethyl adjacent to an activating group) is 1. The zero-order valence-corrected chi connectivity index (χ0v) is 14.2. The molecule has 1 saturated heterocycles. The van der Waals surface area contributed by atoms with E-state index in [-0.39, 0.29) is 17.0 Å². The molecular weight excluding hydrogens is 348 g/mol. The standard InChI is InChI=1S/C12H19BrN2O2S2/c1-15(7-11-6-10(13)8-18-11)12(9-14)2-4-19(16,17)5-3-12/h6,8H,2-5,7,9,14H2,1H3. The Hall–Kier alpha value is 0.0500. The van der Waals surface area contributed by atoms with Crippen LogP contribution in [-0.2, 0) is 16.4 Å². The van der Waals surface area contributed by atoms with Crippen LogP contribution in [0.1, 0.15) is 17.7 Å². The highest BCUT2D eigenvalue weighted by molar-refractivity contribution is 9.10. The number of nitrogens with zero attached hydrogens (tertiary/aromatic N) is 1. The smallest absolute Gasteiger partial charge is 0.150 e. The monoisotopic (exact) mass is 366 g/mol. The summed E-state index contributed by atoms with van der Waals surface area (Å²) >= 11 is 5.15. The fraction of sp³-hybridized carbons (Fsp3) is 0.667. The second kappa shape index (κ2) is 5.81. The fourth-order valence-corrected chi connectivity index (χ4v) is 5.59. The van der Waals surface area contributed by atoms with Crippen LogP contribution in [0, 0.1) is 0 Å². The van der Waals surface area contributed by atoms with Gasteiger partial charge in [-0.15, -0.1) is 11.3 Å². The zero-order valence-electron chi connectivity index (χ0n) is 10.9. The highest BCUT2D eigenvalue weighted by Gasteiger charge is 2.39. The van der Waals surface area contributed by atoms with E-state index in [0.717, 1.165) is 11.0 Å². The predicted octanol–water partition coefficient (Wildman–Crippen LogP) is 1.85. The van der Waals surface area contributed by atoms with Crippen molar-refractivity contribution in [2.24, 2.45) is 5.73 Å². The van der Waals surface area contributed by atoms with Gasteiger partial charge < -0.3 is 5.73 Å². The summed E-state index contributed by atoms with van der Waals surface area (Å²) in [6.07, 6.45) is 1.27. The van der Waals surface area contributed by atoms with Crippen molar-refractivity contribution in [3.8, 4) is 0 Å². The van der Waals surface area contributed by atoms with E-state index in [0.29, 0.717) is 19.4 Å². The number of rotatable bonds is 4. The zero-order chi connectivity index (χ0) is 14.1. The highest BCUT2D eigenvalue weighted by Crippen LogP contribution is 2.31. The predicted molar refractivity (Wildman–Crippen MR) is 83.2 cm³/mol. The van der Waals surface area contributed by atoms with Gasteiger partial charge in [0.1, 0.15) is 9.84 Å². The van der Waals surface area contributed by atoms with Crippen molar-refractivity contribution < 1.29 is 8.42 Å². The molecule has 0 atom stereocenters. The number of nitrogens with two attached hydrogens (primary N) is 1. The van der Waals surface area contributed by atoms with E-state index in [1.165, 1.54) is 4.88 Å². The minimum absolute atomic E-state index is 0.179. The van der Waals surface area contributed by atoms with Crippen molar-refractivity contribution in [3.63, 3.8) is 0 Å². The SMILES string of the molecule is CN(Cc1cc(Br)cs1)C1(CN)CCS(=O)(=O)CC1. The molecule has 0 aromatic carbocycles. The van der Waals surface area contributed by atoms with E-state index in [9.17, 15) is 8.42 Å². The van der Waals surface area contributed by atoms with Gasteiger partial charge in [-0.05, 0) is 41.9 Å². The number of halogens is 1. The molecule has 4 nitrogen and oxygen atoms in total. The first-order chi connectivity index (χ1) is 8.87. The molecule has 108 valence electrons. The Kier molecular flexibility index (Phi) is 4.72. The summed E-state index contributed by atoms with van der Waals surface area (Å²) in [5.41, 5.74) is 5.77. The third-order valence-electron chi connectivity index (χ3n) is 3.96. The maximum absolute atomic E-state index is 11.6. The summed E-state index contributed by atoms with van der Waals surface area (Å²) in [4.78, 5) is 3.48. The Balaban J connectivity index is 2.09. The van der Waals surface area contributed by atoms with Crippen molar-refractivity contribution in [3.05, 3.63) is 20.8 Å². The summed E-state index contributed by atoms with van der Waals surface area (Å²) in [7, 11) is -0.813. The van der Waals surface area contributed by atoms with Gasteiger partial charge in [-0.25, -0.2) is 8.42 Å². The maximum Gasteiger partial charge on any atom is 0.150 e. The third-order valence-corrected chi connectivity index (χ3v) is 7.30. The van der Waals surface area contributed by atoms with Gasteiger partial charge in [0.2, 0.25) is 0 Å². The molecule has 0 radical (unpaired) electrons. The van der Waals surface area contributed by atoms with Crippen LogP contribution in [0.25, 0.3) is 0 Å². The van der Waals surface area contributed by atoms with Gasteiger partial charge in [-0.1, -0.05) is 0 Å². The highest BCUT2D eigenvalue weighted by atomic mass is 79.9. The normalized spacial score (nSPS) is 21.7. The van der Waals surface area contributed by atoms with Crippen LogP contribution in [0.15, 0.2) is 15.9 Å². The quantitative estimate of drug-likeness (QED) is 0.882. The molecule has 2 N–H and O–H groups in total. The number of hydrogen-bond donors (Lipinski definition) is 1. The molecule has 0 spiro atoms. The number of hydrogen-bond acceptors (Lipinski definition) is 5. The molecule has 1 aliphatic rings. The fourth-order valence-electron chi connectivity index (χ4n) is 2.50. The van der Waals surface area contributed by atoms with Crippen LogP contribution in [0.5, 0.6) is 0 Å². The minimum atomic E-state index is -2.85. The summed E-state index contributed by atoms with van der Waals surface area (Å²) in [5.74, 6) is 0.505. The molecule has 1 aromatic rings. The second-order valence-corrected chi connectivity index (χ2v) is 9.38. The maximum atomic E-state index is 11.6. The number of sulfone groups is 1. The lowest BCUT2D eigenvalue weighted by molar-refractivity contribution is 0.107. The Morgan fingerprint density at radius 1 is 1.47 bits per heavy atom. The average Bonchev–Trinajstić information content (AvgIpc) is 2.75. The molecular formula is C12H19BrN2O2S2. The van der Waals surface area contributed by atoms with Crippen molar-refractivity contribution in [2.75, 3.05) is 25.1 Å². The second-order valence-electron chi connectivity index (χ2n) is 5.17. The molecule has 0 saturated carbocycles. The molecule has 1 fully saturated rings.